The van der Waals surface area contributed by atoms with Crippen molar-refractivity contribution < 1.29 is 8.42 Å². The summed E-state index contributed by atoms with van der Waals surface area (Å²) < 4.78 is 27.2. The van der Waals surface area contributed by atoms with Crippen molar-refractivity contribution in [1.29, 1.82) is 5.26 Å². The summed E-state index contributed by atoms with van der Waals surface area (Å²) in [6, 6.07) is 9.28. The molecule has 0 aliphatic heterocycles. The van der Waals surface area contributed by atoms with Crippen molar-refractivity contribution >= 4 is 37.5 Å². The van der Waals surface area contributed by atoms with E-state index in [-0.39, 0.29) is 10.7 Å². The average Bonchev–Trinajstić information content (AvgIpc) is 2.41. The van der Waals surface area contributed by atoms with Gasteiger partial charge in [0.05, 0.1) is 17.3 Å². The van der Waals surface area contributed by atoms with E-state index in [0.29, 0.717) is 15.7 Å². The van der Waals surface area contributed by atoms with Crippen LogP contribution in [0.4, 0.5) is 11.5 Å². The normalized spacial score (nSPS) is 10.8. The average molecular weight is 353 g/mol. The maximum absolute atomic E-state index is 12.1. The fourth-order valence-corrected chi connectivity index (χ4v) is 3.05. The molecule has 1 aromatic heterocycles. The summed E-state index contributed by atoms with van der Waals surface area (Å²) in [7, 11) is -3.75. The fraction of sp³-hybridized carbons (Fsp3) is 0. The van der Waals surface area contributed by atoms with Crippen LogP contribution < -0.4 is 10.5 Å². The van der Waals surface area contributed by atoms with Gasteiger partial charge in [-0.1, -0.05) is 0 Å². The molecular formula is C12H9BrN4O2S. The minimum Gasteiger partial charge on any atom is -0.384 e. The summed E-state index contributed by atoms with van der Waals surface area (Å²) in [6.45, 7) is 0. The van der Waals surface area contributed by atoms with Crippen LogP contribution in [0, 0.1) is 11.3 Å². The molecule has 1 heterocycles. The van der Waals surface area contributed by atoms with E-state index in [4.69, 9.17) is 11.0 Å². The van der Waals surface area contributed by atoms with E-state index in [1.165, 1.54) is 36.5 Å². The van der Waals surface area contributed by atoms with Crippen molar-refractivity contribution in [2.45, 2.75) is 4.90 Å². The van der Waals surface area contributed by atoms with Gasteiger partial charge < -0.3 is 5.73 Å². The molecule has 20 heavy (non-hydrogen) atoms. The second-order valence-corrected chi connectivity index (χ2v) is 6.37. The van der Waals surface area contributed by atoms with Crippen LogP contribution in [0.3, 0.4) is 0 Å². The lowest BCUT2D eigenvalue weighted by molar-refractivity contribution is 0.601. The lowest BCUT2D eigenvalue weighted by atomic mass is 10.2. The van der Waals surface area contributed by atoms with E-state index in [1.807, 2.05) is 6.07 Å². The van der Waals surface area contributed by atoms with E-state index in [0.717, 1.165) is 0 Å². The summed E-state index contributed by atoms with van der Waals surface area (Å²) in [5.74, 6) is 0.239. The molecule has 0 fully saturated rings. The number of benzene rings is 1. The summed E-state index contributed by atoms with van der Waals surface area (Å²) in [4.78, 5) is 3.74. The van der Waals surface area contributed by atoms with Crippen LogP contribution in [0.5, 0.6) is 0 Å². The van der Waals surface area contributed by atoms with Gasteiger partial charge in [0.2, 0.25) is 0 Å². The number of aromatic nitrogens is 1. The van der Waals surface area contributed by atoms with Gasteiger partial charge in [0, 0.05) is 10.7 Å². The monoisotopic (exact) mass is 352 g/mol. The number of anilines is 2. The molecule has 0 unspecified atom stereocenters. The highest BCUT2D eigenvalue weighted by molar-refractivity contribution is 9.10. The van der Waals surface area contributed by atoms with Crippen LogP contribution >= 0.6 is 15.9 Å². The lowest BCUT2D eigenvalue weighted by Crippen LogP contribution is -2.13. The van der Waals surface area contributed by atoms with Gasteiger partial charge in [-0.3, -0.25) is 4.72 Å². The molecule has 102 valence electrons. The van der Waals surface area contributed by atoms with Crippen molar-refractivity contribution in [3.63, 3.8) is 0 Å². The van der Waals surface area contributed by atoms with E-state index in [9.17, 15) is 8.42 Å². The number of rotatable bonds is 3. The molecule has 3 N–H and O–H groups in total. The third kappa shape index (κ3) is 3.07. The zero-order valence-electron chi connectivity index (χ0n) is 10.0. The molecule has 0 spiro atoms. The first kappa shape index (κ1) is 14.3. The molecule has 0 saturated heterocycles. The number of halogens is 1. The van der Waals surface area contributed by atoms with Crippen molar-refractivity contribution in [1.82, 2.24) is 4.98 Å². The molecule has 1 aromatic carbocycles. The highest BCUT2D eigenvalue weighted by Crippen LogP contribution is 2.26. The van der Waals surface area contributed by atoms with Gasteiger partial charge in [-0.25, -0.2) is 13.4 Å². The standard InChI is InChI=1S/C12H9BrN4O2S/c13-10-5-8(6-14)1-3-11(10)17-20(18,19)9-2-4-12(15)16-7-9/h1-5,7,17H,(H2,15,16). The van der Waals surface area contributed by atoms with Crippen LogP contribution in [-0.4, -0.2) is 13.4 Å². The van der Waals surface area contributed by atoms with E-state index < -0.39 is 10.0 Å². The molecule has 0 radical (unpaired) electrons. The molecular weight excluding hydrogens is 344 g/mol. The van der Waals surface area contributed by atoms with Crippen molar-refractivity contribution in [2.75, 3.05) is 10.5 Å². The highest BCUT2D eigenvalue weighted by atomic mass is 79.9. The number of nitriles is 1. The summed E-state index contributed by atoms with van der Waals surface area (Å²) >= 11 is 3.21. The molecule has 2 aromatic rings. The predicted molar refractivity (Wildman–Crippen MR) is 78.3 cm³/mol. The van der Waals surface area contributed by atoms with Crippen molar-refractivity contribution in [2.24, 2.45) is 0 Å². The number of hydrogen-bond acceptors (Lipinski definition) is 5. The topological polar surface area (TPSA) is 109 Å². The first-order chi connectivity index (χ1) is 9.42. The molecule has 0 aliphatic rings. The molecule has 2 rings (SSSR count). The SMILES string of the molecule is N#Cc1ccc(NS(=O)(=O)c2ccc(N)nc2)c(Br)c1. The Kier molecular flexibility index (Phi) is 3.92. The Hall–Kier alpha value is -2.11. The van der Waals surface area contributed by atoms with Crippen LogP contribution in [0.15, 0.2) is 45.9 Å². The molecule has 0 bridgehead atoms. The number of nitrogens with two attached hydrogens (primary N) is 1. The second-order valence-electron chi connectivity index (χ2n) is 3.83. The summed E-state index contributed by atoms with van der Waals surface area (Å²) in [5.41, 5.74) is 6.17. The molecule has 6 nitrogen and oxygen atoms in total. The van der Waals surface area contributed by atoms with Crippen LogP contribution in [-0.2, 0) is 10.0 Å². The quantitative estimate of drug-likeness (QED) is 0.878. The third-order valence-electron chi connectivity index (χ3n) is 2.41. The zero-order valence-corrected chi connectivity index (χ0v) is 12.4. The van der Waals surface area contributed by atoms with Gasteiger partial charge >= 0.3 is 0 Å². The third-order valence-corrected chi connectivity index (χ3v) is 4.42. The van der Waals surface area contributed by atoms with Crippen LogP contribution in [0.2, 0.25) is 0 Å². The minimum atomic E-state index is -3.75. The first-order valence-electron chi connectivity index (χ1n) is 5.36. The fourth-order valence-electron chi connectivity index (χ4n) is 1.42. The van der Waals surface area contributed by atoms with Crippen molar-refractivity contribution in [3.05, 3.63) is 46.6 Å². The minimum absolute atomic E-state index is 0.00274. The summed E-state index contributed by atoms with van der Waals surface area (Å²) in [6.07, 6.45) is 1.18. The molecule has 0 amide bonds. The van der Waals surface area contributed by atoms with Crippen molar-refractivity contribution in [3.8, 4) is 6.07 Å². The Bertz CT molecular complexity index is 782. The molecule has 0 aliphatic carbocycles. The molecule has 8 heteroatoms. The van der Waals surface area contributed by atoms with Gasteiger partial charge in [0.25, 0.3) is 10.0 Å². The highest BCUT2D eigenvalue weighted by Gasteiger charge is 2.16. The van der Waals surface area contributed by atoms with Gasteiger partial charge in [-0.05, 0) is 46.3 Å². The Morgan fingerprint density at radius 1 is 1.30 bits per heavy atom. The van der Waals surface area contributed by atoms with Gasteiger partial charge in [-0.15, -0.1) is 0 Å². The van der Waals surface area contributed by atoms with E-state index >= 15 is 0 Å². The number of nitrogens with one attached hydrogen (secondary N) is 1. The second kappa shape index (κ2) is 5.48. The van der Waals surface area contributed by atoms with E-state index in [2.05, 4.69) is 25.6 Å². The van der Waals surface area contributed by atoms with Gasteiger partial charge in [-0.2, -0.15) is 5.26 Å². The first-order valence-corrected chi connectivity index (χ1v) is 7.64. The molecule has 0 saturated carbocycles. The Labute approximate surface area is 124 Å². The van der Waals surface area contributed by atoms with Gasteiger partial charge in [0.15, 0.2) is 0 Å². The number of nitrogens with zero attached hydrogens (tertiary/aromatic N) is 2. The smallest absolute Gasteiger partial charge is 0.263 e. The number of hydrogen-bond donors (Lipinski definition) is 2. The predicted octanol–water partition coefficient (Wildman–Crippen LogP) is 2.10. The number of pyridine rings is 1. The largest absolute Gasteiger partial charge is 0.384 e. The Morgan fingerprint density at radius 2 is 2.05 bits per heavy atom. The Balaban J connectivity index is 2.34. The number of nitrogen functional groups attached to an aromatic ring is 1. The number of sulfonamides is 1. The lowest BCUT2D eigenvalue weighted by Gasteiger charge is -2.09. The van der Waals surface area contributed by atoms with E-state index in [1.54, 1.807) is 0 Å². The molecule has 0 atom stereocenters. The Morgan fingerprint density at radius 3 is 2.60 bits per heavy atom. The maximum atomic E-state index is 12.1. The van der Waals surface area contributed by atoms with Crippen LogP contribution in [0.25, 0.3) is 0 Å². The maximum Gasteiger partial charge on any atom is 0.263 e. The van der Waals surface area contributed by atoms with Crippen LogP contribution in [0.1, 0.15) is 5.56 Å². The van der Waals surface area contributed by atoms with Gasteiger partial charge in [0.1, 0.15) is 10.7 Å². The summed E-state index contributed by atoms with van der Waals surface area (Å²) in [5, 5.41) is 8.76. The zero-order chi connectivity index (χ0) is 14.8.